The van der Waals surface area contributed by atoms with E-state index >= 15 is 0 Å². The van der Waals surface area contributed by atoms with Gasteiger partial charge in [0.05, 0.1) is 15.4 Å². The number of aromatic nitrogens is 1. The second-order valence-electron chi connectivity index (χ2n) is 3.38. The Hall–Kier alpha value is -1.48. The van der Waals surface area contributed by atoms with Crippen LogP contribution in [-0.2, 0) is 0 Å². The van der Waals surface area contributed by atoms with Crippen LogP contribution in [0.2, 0.25) is 0 Å². The Kier molecular flexibility index (Phi) is 2.64. The van der Waals surface area contributed by atoms with E-state index < -0.39 is 0 Å². The van der Waals surface area contributed by atoms with E-state index in [0.29, 0.717) is 0 Å². The highest BCUT2D eigenvalue weighted by atomic mass is 32.1. The van der Waals surface area contributed by atoms with Gasteiger partial charge in [-0.1, -0.05) is 6.07 Å². The topological polar surface area (TPSA) is 30.0 Å². The Balaban J connectivity index is 2.41. The minimum Gasteiger partial charge on any atom is -0.294 e. The molecule has 2 aromatic heterocycles. The van der Waals surface area contributed by atoms with Crippen LogP contribution in [0.25, 0.3) is 10.6 Å². The minimum atomic E-state index is 0.110. The largest absolute Gasteiger partial charge is 0.294 e. The van der Waals surface area contributed by atoms with E-state index in [4.69, 9.17) is 0 Å². The van der Waals surface area contributed by atoms with Crippen molar-refractivity contribution in [2.75, 3.05) is 0 Å². The molecule has 0 unspecified atom stereocenters. The third kappa shape index (κ3) is 2.13. The predicted octanol–water partition coefficient (Wildman–Crippen LogP) is 3.32. The number of carbonyl (C=O) groups excluding carboxylic acids is 1. The number of Topliss-reactive ketones (excluding diaryl/α,β-unsaturated/α-hetero) is 1. The molecule has 0 aliphatic carbocycles. The number of hydrogen-bond donors (Lipinski definition) is 0. The summed E-state index contributed by atoms with van der Waals surface area (Å²) < 4.78 is 0. The van der Waals surface area contributed by atoms with Gasteiger partial charge < -0.3 is 0 Å². The molecule has 0 saturated heterocycles. The molecule has 0 aromatic carbocycles. The van der Waals surface area contributed by atoms with Gasteiger partial charge >= 0.3 is 0 Å². The van der Waals surface area contributed by atoms with Crippen molar-refractivity contribution in [1.82, 2.24) is 4.98 Å². The van der Waals surface area contributed by atoms with Gasteiger partial charge in [0.25, 0.3) is 0 Å². The summed E-state index contributed by atoms with van der Waals surface area (Å²) in [4.78, 5) is 17.4. The van der Waals surface area contributed by atoms with Crippen molar-refractivity contribution in [1.29, 1.82) is 0 Å². The predicted molar refractivity (Wildman–Crippen MR) is 62.3 cm³/mol. The van der Waals surface area contributed by atoms with Crippen molar-refractivity contribution in [3.63, 3.8) is 0 Å². The lowest BCUT2D eigenvalue weighted by Crippen LogP contribution is -1.84. The van der Waals surface area contributed by atoms with E-state index in [1.807, 2.05) is 37.3 Å². The fourth-order valence-corrected chi connectivity index (χ4v) is 2.22. The molecule has 3 heteroatoms. The molecule has 0 radical (unpaired) electrons. The average molecular weight is 217 g/mol. The lowest BCUT2D eigenvalue weighted by atomic mass is 10.2. The van der Waals surface area contributed by atoms with Crippen molar-refractivity contribution in [2.45, 2.75) is 13.8 Å². The Morgan fingerprint density at radius 1 is 1.27 bits per heavy atom. The quantitative estimate of drug-likeness (QED) is 0.722. The molecule has 76 valence electrons. The van der Waals surface area contributed by atoms with E-state index in [0.717, 1.165) is 21.1 Å². The maximum Gasteiger partial charge on any atom is 0.169 e. The monoisotopic (exact) mass is 217 g/mol. The van der Waals surface area contributed by atoms with Crippen LogP contribution in [0.3, 0.4) is 0 Å². The van der Waals surface area contributed by atoms with Crippen molar-refractivity contribution in [3.8, 4) is 10.6 Å². The third-order valence-corrected chi connectivity index (χ3v) is 3.30. The molecular formula is C12H11NOS. The molecule has 0 fully saturated rings. The van der Waals surface area contributed by atoms with Gasteiger partial charge in [-0.3, -0.25) is 9.78 Å². The van der Waals surface area contributed by atoms with E-state index in [9.17, 15) is 4.79 Å². The minimum absolute atomic E-state index is 0.110. The molecule has 2 nitrogen and oxygen atoms in total. The van der Waals surface area contributed by atoms with E-state index in [2.05, 4.69) is 4.98 Å². The molecule has 2 rings (SSSR count). The van der Waals surface area contributed by atoms with Crippen molar-refractivity contribution < 1.29 is 4.79 Å². The van der Waals surface area contributed by atoms with E-state index in [1.54, 1.807) is 6.92 Å². The summed E-state index contributed by atoms with van der Waals surface area (Å²) >= 11 is 1.49. The van der Waals surface area contributed by atoms with Gasteiger partial charge in [0.2, 0.25) is 0 Å². The summed E-state index contributed by atoms with van der Waals surface area (Å²) in [6.45, 7) is 3.54. The van der Waals surface area contributed by atoms with Crippen LogP contribution in [0.15, 0.2) is 30.3 Å². The zero-order valence-corrected chi connectivity index (χ0v) is 9.47. The van der Waals surface area contributed by atoms with Crippen molar-refractivity contribution >= 4 is 17.1 Å². The first-order valence-corrected chi connectivity index (χ1v) is 5.53. The van der Waals surface area contributed by atoms with Gasteiger partial charge in [-0.25, -0.2) is 0 Å². The van der Waals surface area contributed by atoms with Crippen LogP contribution in [0.4, 0.5) is 0 Å². The molecule has 2 aromatic rings. The van der Waals surface area contributed by atoms with E-state index in [1.165, 1.54) is 11.3 Å². The average Bonchev–Trinajstić information content (AvgIpc) is 2.66. The molecule has 0 bridgehead atoms. The van der Waals surface area contributed by atoms with Crippen molar-refractivity contribution in [3.05, 3.63) is 40.9 Å². The summed E-state index contributed by atoms with van der Waals surface area (Å²) in [5, 5.41) is 0. The van der Waals surface area contributed by atoms with Gasteiger partial charge in [0, 0.05) is 5.69 Å². The fraction of sp³-hybridized carbons (Fsp3) is 0.167. The first-order chi connectivity index (χ1) is 7.16. The normalized spacial score (nSPS) is 10.3. The molecular weight excluding hydrogens is 206 g/mol. The smallest absolute Gasteiger partial charge is 0.169 e. The van der Waals surface area contributed by atoms with Crippen molar-refractivity contribution in [2.24, 2.45) is 0 Å². The molecule has 0 aliphatic heterocycles. The van der Waals surface area contributed by atoms with Gasteiger partial charge in [0.15, 0.2) is 5.78 Å². The van der Waals surface area contributed by atoms with Crippen LogP contribution < -0.4 is 0 Å². The van der Waals surface area contributed by atoms with Gasteiger partial charge in [-0.05, 0) is 38.1 Å². The summed E-state index contributed by atoms with van der Waals surface area (Å²) in [6, 6.07) is 9.70. The number of thiophene rings is 1. The Morgan fingerprint density at radius 2 is 2.07 bits per heavy atom. The van der Waals surface area contributed by atoms with Gasteiger partial charge in [-0.15, -0.1) is 11.3 Å². The van der Waals surface area contributed by atoms with E-state index in [-0.39, 0.29) is 5.78 Å². The summed E-state index contributed by atoms with van der Waals surface area (Å²) in [7, 11) is 0. The summed E-state index contributed by atoms with van der Waals surface area (Å²) in [6.07, 6.45) is 0. The molecule has 2 heterocycles. The highest BCUT2D eigenvalue weighted by Crippen LogP contribution is 2.26. The summed E-state index contributed by atoms with van der Waals surface area (Å²) in [5.41, 5.74) is 1.93. The van der Waals surface area contributed by atoms with Gasteiger partial charge in [0.1, 0.15) is 0 Å². The van der Waals surface area contributed by atoms with Crippen LogP contribution in [0, 0.1) is 6.92 Å². The lowest BCUT2D eigenvalue weighted by molar-refractivity contribution is 0.102. The molecule has 0 saturated carbocycles. The SMILES string of the molecule is CC(=O)c1ccc(-c2cccc(C)n2)s1. The van der Waals surface area contributed by atoms with Crippen LogP contribution in [0.1, 0.15) is 22.3 Å². The Labute approximate surface area is 92.6 Å². The molecule has 0 spiro atoms. The first-order valence-electron chi connectivity index (χ1n) is 4.71. The van der Waals surface area contributed by atoms with Crippen LogP contribution in [-0.4, -0.2) is 10.8 Å². The molecule has 15 heavy (non-hydrogen) atoms. The standard InChI is InChI=1S/C12H11NOS/c1-8-4-3-5-10(13-8)12-7-6-11(15-12)9(2)14/h3-7H,1-2H3. The molecule has 0 amide bonds. The van der Waals surface area contributed by atoms with Gasteiger partial charge in [-0.2, -0.15) is 0 Å². The first kappa shape index (κ1) is 10.1. The molecule has 0 atom stereocenters. The number of carbonyl (C=O) groups is 1. The number of hydrogen-bond acceptors (Lipinski definition) is 3. The maximum absolute atomic E-state index is 11.1. The Morgan fingerprint density at radius 3 is 2.67 bits per heavy atom. The van der Waals surface area contributed by atoms with Crippen LogP contribution in [0.5, 0.6) is 0 Å². The number of pyridine rings is 1. The fourth-order valence-electron chi connectivity index (χ4n) is 1.35. The second kappa shape index (κ2) is 3.95. The number of rotatable bonds is 2. The number of aryl methyl sites for hydroxylation is 1. The third-order valence-electron chi connectivity index (χ3n) is 2.09. The lowest BCUT2D eigenvalue weighted by Gasteiger charge is -1.97. The number of nitrogens with zero attached hydrogens (tertiary/aromatic N) is 1. The maximum atomic E-state index is 11.1. The zero-order valence-electron chi connectivity index (χ0n) is 8.65. The zero-order chi connectivity index (χ0) is 10.8. The highest BCUT2D eigenvalue weighted by Gasteiger charge is 2.06. The molecule has 0 aliphatic rings. The number of ketones is 1. The molecule has 0 N–H and O–H groups in total. The highest BCUT2D eigenvalue weighted by molar-refractivity contribution is 7.17. The van der Waals surface area contributed by atoms with Crippen LogP contribution >= 0.6 is 11.3 Å². The Bertz CT molecular complexity index is 502. The summed E-state index contributed by atoms with van der Waals surface area (Å²) in [5.74, 6) is 0.110. The second-order valence-corrected chi connectivity index (χ2v) is 4.47.